The maximum atomic E-state index is 11.7. The summed E-state index contributed by atoms with van der Waals surface area (Å²) in [6, 6.07) is 0.649. The summed E-state index contributed by atoms with van der Waals surface area (Å²) in [6.07, 6.45) is -0.757. The minimum atomic E-state index is -1.57. The SMILES string of the molecule is Cn1nc(C(=O)N[C@@H](CC(=O)O)C(=O)O)ccc1=O. The van der Waals surface area contributed by atoms with Crippen molar-refractivity contribution in [1.82, 2.24) is 15.1 Å². The number of amides is 1. The van der Waals surface area contributed by atoms with Crippen molar-refractivity contribution in [2.45, 2.75) is 12.5 Å². The lowest BCUT2D eigenvalue weighted by atomic mass is 10.2. The monoisotopic (exact) mass is 269 g/mol. The zero-order chi connectivity index (χ0) is 14.6. The van der Waals surface area contributed by atoms with Gasteiger partial charge in [-0.1, -0.05) is 0 Å². The number of aliphatic carboxylic acids is 2. The molecule has 0 aliphatic rings. The van der Waals surface area contributed by atoms with Gasteiger partial charge in [0.15, 0.2) is 0 Å². The highest BCUT2D eigenvalue weighted by Crippen LogP contribution is 1.97. The van der Waals surface area contributed by atoms with Crippen molar-refractivity contribution >= 4 is 17.8 Å². The molecule has 0 radical (unpaired) electrons. The predicted molar refractivity (Wildman–Crippen MR) is 60.6 cm³/mol. The van der Waals surface area contributed by atoms with E-state index < -0.39 is 35.9 Å². The van der Waals surface area contributed by atoms with E-state index in [9.17, 15) is 19.2 Å². The summed E-state index contributed by atoms with van der Waals surface area (Å²) in [7, 11) is 1.32. The van der Waals surface area contributed by atoms with E-state index in [1.807, 2.05) is 5.32 Å². The lowest BCUT2D eigenvalue weighted by Crippen LogP contribution is -2.43. The van der Waals surface area contributed by atoms with Crippen LogP contribution in [0.1, 0.15) is 16.9 Å². The fourth-order valence-electron chi connectivity index (χ4n) is 1.23. The van der Waals surface area contributed by atoms with Crippen molar-refractivity contribution in [2.24, 2.45) is 7.05 Å². The van der Waals surface area contributed by atoms with Crippen LogP contribution in [0.4, 0.5) is 0 Å². The number of hydrogen-bond acceptors (Lipinski definition) is 5. The van der Waals surface area contributed by atoms with Crippen LogP contribution in [0, 0.1) is 0 Å². The molecule has 3 N–H and O–H groups in total. The van der Waals surface area contributed by atoms with Crippen molar-refractivity contribution in [3.63, 3.8) is 0 Å². The minimum absolute atomic E-state index is 0.182. The van der Waals surface area contributed by atoms with Crippen LogP contribution in [-0.2, 0) is 16.6 Å². The third-order valence-corrected chi connectivity index (χ3v) is 2.18. The van der Waals surface area contributed by atoms with Crippen LogP contribution in [0.15, 0.2) is 16.9 Å². The molecule has 1 atom stereocenters. The van der Waals surface area contributed by atoms with Crippen LogP contribution in [0.2, 0.25) is 0 Å². The Kier molecular flexibility index (Phi) is 4.35. The summed E-state index contributed by atoms with van der Waals surface area (Å²) in [5.41, 5.74) is -0.615. The molecule has 9 heteroatoms. The Morgan fingerprint density at radius 3 is 2.47 bits per heavy atom. The van der Waals surface area contributed by atoms with Gasteiger partial charge in [-0.25, -0.2) is 9.48 Å². The highest BCUT2D eigenvalue weighted by molar-refractivity contribution is 5.95. The molecule has 0 aliphatic heterocycles. The van der Waals surface area contributed by atoms with E-state index in [-0.39, 0.29) is 5.69 Å². The second-order valence-corrected chi connectivity index (χ2v) is 3.64. The number of carboxylic acids is 2. The first-order chi connectivity index (χ1) is 8.81. The number of carboxylic acid groups (broad SMARTS) is 2. The van der Waals surface area contributed by atoms with Gasteiger partial charge in [-0.05, 0) is 6.07 Å². The molecular formula is C10H11N3O6. The average molecular weight is 269 g/mol. The topological polar surface area (TPSA) is 139 Å². The van der Waals surface area contributed by atoms with E-state index in [4.69, 9.17) is 10.2 Å². The smallest absolute Gasteiger partial charge is 0.326 e. The van der Waals surface area contributed by atoms with E-state index in [2.05, 4.69) is 5.10 Å². The highest BCUT2D eigenvalue weighted by Gasteiger charge is 2.24. The Hall–Kier alpha value is -2.71. The van der Waals surface area contributed by atoms with Crippen molar-refractivity contribution in [2.75, 3.05) is 0 Å². The molecule has 102 valence electrons. The van der Waals surface area contributed by atoms with Gasteiger partial charge in [0.1, 0.15) is 11.7 Å². The van der Waals surface area contributed by atoms with Gasteiger partial charge < -0.3 is 15.5 Å². The van der Waals surface area contributed by atoms with Gasteiger partial charge in [0.25, 0.3) is 11.5 Å². The quantitative estimate of drug-likeness (QED) is 0.587. The molecule has 0 fully saturated rings. The van der Waals surface area contributed by atoms with Gasteiger partial charge in [0, 0.05) is 13.1 Å². The Bertz CT molecular complexity index is 579. The molecule has 19 heavy (non-hydrogen) atoms. The molecule has 1 rings (SSSR count). The van der Waals surface area contributed by atoms with Gasteiger partial charge in [-0.2, -0.15) is 5.10 Å². The third-order valence-electron chi connectivity index (χ3n) is 2.18. The second-order valence-electron chi connectivity index (χ2n) is 3.64. The summed E-state index contributed by atoms with van der Waals surface area (Å²) in [6.45, 7) is 0. The molecule has 0 spiro atoms. The van der Waals surface area contributed by atoms with Gasteiger partial charge >= 0.3 is 11.9 Å². The number of aromatic nitrogens is 2. The summed E-state index contributed by atoms with van der Waals surface area (Å²) >= 11 is 0. The maximum absolute atomic E-state index is 11.7. The first-order valence-electron chi connectivity index (χ1n) is 5.11. The number of carbonyl (C=O) groups is 3. The molecule has 9 nitrogen and oxygen atoms in total. The Morgan fingerprint density at radius 2 is 2.00 bits per heavy atom. The summed E-state index contributed by atoms with van der Waals surface area (Å²) in [5.74, 6) is -3.70. The molecule has 0 saturated heterocycles. The molecule has 1 amide bonds. The molecule has 1 aromatic heterocycles. The van der Waals surface area contributed by atoms with Crippen molar-refractivity contribution in [1.29, 1.82) is 0 Å². The molecule has 0 aromatic carbocycles. The zero-order valence-electron chi connectivity index (χ0n) is 9.86. The van der Waals surface area contributed by atoms with Gasteiger partial charge in [0.05, 0.1) is 6.42 Å². The van der Waals surface area contributed by atoms with E-state index in [0.29, 0.717) is 0 Å². The Labute approximate surface area is 106 Å². The maximum Gasteiger partial charge on any atom is 0.326 e. The van der Waals surface area contributed by atoms with E-state index >= 15 is 0 Å². The number of nitrogens with one attached hydrogen (secondary N) is 1. The Balaban J connectivity index is 2.87. The largest absolute Gasteiger partial charge is 0.481 e. The predicted octanol–water partition coefficient (Wildman–Crippen LogP) is -1.56. The second kappa shape index (κ2) is 5.76. The first kappa shape index (κ1) is 14.4. The number of carbonyl (C=O) groups excluding carboxylic acids is 1. The molecule has 1 heterocycles. The fourth-order valence-corrected chi connectivity index (χ4v) is 1.23. The van der Waals surface area contributed by atoms with Crippen LogP contribution < -0.4 is 10.9 Å². The number of nitrogens with zero attached hydrogens (tertiary/aromatic N) is 2. The molecule has 0 bridgehead atoms. The minimum Gasteiger partial charge on any atom is -0.481 e. The summed E-state index contributed by atoms with van der Waals surface area (Å²) in [5, 5.41) is 22.9. The van der Waals surface area contributed by atoms with Crippen LogP contribution >= 0.6 is 0 Å². The lowest BCUT2D eigenvalue weighted by molar-refractivity contribution is -0.145. The van der Waals surface area contributed by atoms with Crippen LogP contribution in [0.3, 0.4) is 0 Å². The zero-order valence-corrected chi connectivity index (χ0v) is 9.86. The van der Waals surface area contributed by atoms with Crippen molar-refractivity contribution in [3.05, 3.63) is 28.2 Å². The van der Waals surface area contributed by atoms with Gasteiger partial charge in [-0.3, -0.25) is 14.4 Å². The number of rotatable bonds is 5. The van der Waals surface area contributed by atoms with Crippen LogP contribution in [0.5, 0.6) is 0 Å². The van der Waals surface area contributed by atoms with Gasteiger partial charge in [0.2, 0.25) is 0 Å². The molecular weight excluding hydrogens is 258 g/mol. The van der Waals surface area contributed by atoms with Crippen LogP contribution in [0.25, 0.3) is 0 Å². The molecule has 0 unspecified atom stereocenters. The van der Waals surface area contributed by atoms with Crippen LogP contribution in [-0.4, -0.2) is 43.9 Å². The summed E-state index contributed by atoms with van der Waals surface area (Å²) < 4.78 is 0.905. The molecule has 0 saturated carbocycles. The first-order valence-corrected chi connectivity index (χ1v) is 5.11. The normalized spacial score (nSPS) is 11.6. The Morgan fingerprint density at radius 1 is 1.37 bits per heavy atom. The standard InChI is InChI=1S/C10H11N3O6/c1-13-7(14)3-2-5(12-13)9(17)11-6(10(18)19)4-8(15)16/h2-3,6H,4H2,1H3,(H,11,17)(H,15,16)(H,18,19)/t6-/m0/s1. The fraction of sp³-hybridized carbons (Fsp3) is 0.300. The van der Waals surface area contributed by atoms with E-state index in [1.54, 1.807) is 0 Å². The molecule has 0 aliphatic carbocycles. The van der Waals surface area contributed by atoms with E-state index in [1.165, 1.54) is 7.05 Å². The number of aryl methyl sites for hydroxylation is 1. The third kappa shape index (κ3) is 3.91. The lowest BCUT2D eigenvalue weighted by Gasteiger charge is -2.11. The van der Waals surface area contributed by atoms with Crippen molar-refractivity contribution in [3.8, 4) is 0 Å². The number of hydrogen-bond donors (Lipinski definition) is 3. The summed E-state index contributed by atoms with van der Waals surface area (Å²) in [4.78, 5) is 44.0. The molecule has 1 aromatic rings. The van der Waals surface area contributed by atoms with Gasteiger partial charge in [-0.15, -0.1) is 0 Å². The van der Waals surface area contributed by atoms with Crippen molar-refractivity contribution < 1.29 is 24.6 Å². The highest BCUT2D eigenvalue weighted by atomic mass is 16.4. The van der Waals surface area contributed by atoms with E-state index in [0.717, 1.165) is 16.8 Å². The average Bonchev–Trinajstić information content (AvgIpc) is 2.31.